The highest BCUT2D eigenvalue weighted by atomic mass is 32.2. The zero-order valence-electron chi connectivity index (χ0n) is 12.4. The van der Waals surface area contributed by atoms with Gasteiger partial charge in [-0.3, -0.25) is 0 Å². The van der Waals surface area contributed by atoms with Gasteiger partial charge in [-0.05, 0) is 45.9 Å². The zero-order valence-corrected chi connectivity index (χ0v) is 13.2. The first-order valence-electron chi connectivity index (χ1n) is 6.45. The first-order valence-corrected chi connectivity index (χ1v) is 8.10. The second-order valence-corrected chi connectivity index (χ2v) is 7.78. The maximum Gasteiger partial charge on any atom is 0.211 e. The standard InChI is InChI=1S/C12H29N3O2S/c1-12(2,11-15(4)5)10-14-18(16,17)9-7-6-8-13-3/h13-14H,6-11H2,1-5H3. The quantitative estimate of drug-likeness (QED) is 0.572. The summed E-state index contributed by atoms with van der Waals surface area (Å²) in [5, 5.41) is 3.01. The summed E-state index contributed by atoms with van der Waals surface area (Å²) in [4.78, 5) is 2.07. The van der Waals surface area contributed by atoms with Crippen molar-refractivity contribution in [2.75, 3.05) is 46.5 Å². The number of hydrogen-bond acceptors (Lipinski definition) is 4. The maximum absolute atomic E-state index is 11.8. The Morgan fingerprint density at radius 1 is 1.17 bits per heavy atom. The van der Waals surface area contributed by atoms with Crippen LogP contribution in [0.15, 0.2) is 0 Å². The van der Waals surface area contributed by atoms with Gasteiger partial charge in [0.1, 0.15) is 0 Å². The Labute approximate surface area is 112 Å². The van der Waals surface area contributed by atoms with Crippen molar-refractivity contribution < 1.29 is 8.42 Å². The van der Waals surface area contributed by atoms with E-state index in [1.165, 1.54) is 0 Å². The Balaban J connectivity index is 4.02. The molecule has 0 spiro atoms. The van der Waals surface area contributed by atoms with Crippen LogP contribution in [-0.2, 0) is 10.0 Å². The van der Waals surface area contributed by atoms with Crippen molar-refractivity contribution in [3.05, 3.63) is 0 Å². The SMILES string of the molecule is CNCCCCS(=O)(=O)NCC(C)(C)CN(C)C. The Bertz CT molecular complexity index is 313. The van der Waals surface area contributed by atoms with E-state index in [0.29, 0.717) is 13.0 Å². The zero-order chi connectivity index (χ0) is 14.2. The third-order valence-corrected chi connectivity index (χ3v) is 4.02. The van der Waals surface area contributed by atoms with Crippen LogP contribution in [0.25, 0.3) is 0 Å². The lowest BCUT2D eigenvalue weighted by Crippen LogP contribution is -2.40. The Morgan fingerprint density at radius 2 is 1.78 bits per heavy atom. The van der Waals surface area contributed by atoms with Crippen LogP contribution in [0, 0.1) is 5.41 Å². The van der Waals surface area contributed by atoms with Crippen LogP contribution in [0.1, 0.15) is 26.7 Å². The fraction of sp³-hybridized carbons (Fsp3) is 1.00. The van der Waals surface area contributed by atoms with Crippen molar-refractivity contribution in [1.29, 1.82) is 0 Å². The van der Waals surface area contributed by atoms with E-state index >= 15 is 0 Å². The van der Waals surface area contributed by atoms with Crippen LogP contribution in [0.4, 0.5) is 0 Å². The molecule has 0 saturated carbocycles. The molecule has 0 aromatic heterocycles. The lowest BCUT2D eigenvalue weighted by atomic mass is 9.93. The van der Waals surface area contributed by atoms with Crippen LogP contribution in [0.2, 0.25) is 0 Å². The van der Waals surface area contributed by atoms with Crippen molar-refractivity contribution in [1.82, 2.24) is 14.9 Å². The van der Waals surface area contributed by atoms with Crippen LogP contribution >= 0.6 is 0 Å². The van der Waals surface area contributed by atoms with Crippen LogP contribution in [0.3, 0.4) is 0 Å². The molecule has 0 unspecified atom stereocenters. The predicted molar refractivity (Wildman–Crippen MR) is 77.3 cm³/mol. The summed E-state index contributed by atoms with van der Waals surface area (Å²) < 4.78 is 26.3. The molecule has 0 aliphatic carbocycles. The number of hydrogen-bond donors (Lipinski definition) is 2. The summed E-state index contributed by atoms with van der Waals surface area (Å²) >= 11 is 0. The summed E-state index contributed by atoms with van der Waals surface area (Å²) in [6.07, 6.45) is 1.59. The Kier molecular flexibility index (Phi) is 8.02. The van der Waals surface area contributed by atoms with Gasteiger partial charge in [-0.2, -0.15) is 0 Å². The maximum atomic E-state index is 11.8. The lowest BCUT2D eigenvalue weighted by Gasteiger charge is -2.28. The van der Waals surface area contributed by atoms with Crippen LogP contribution < -0.4 is 10.0 Å². The van der Waals surface area contributed by atoms with Crippen molar-refractivity contribution in [3.8, 4) is 0 Å². The fourth-order valence-corrected chi connectivity index (χ4v) is 3.22. The molecule has 5 nitrogen and oxygen atoms in total. The molecule has 110 valence electrons. The average Bonchev–Trinajstić information content (AvgIpc) is 2.20. The lowest BCUT2D eigenvalue weighted by molar-refractivity contribution is 0.242. The highest BCUT2D eigenvalue weighted by Gasteiger charge is 2.21. The van der Waals surface area contributed by atoms with Gasteiger partial charge in [0.25, 0.3) is 0 Å². The fourth-order valence-electron chi connectivity index (χ4n) is 1.88. The predicted octanol–water partition coefficient (Wildman–Crippen LogP) is 0.493. The monoisotopic (exact) mass is 279 g/mol. The third-order valence-electron chi connectivity index (χ3n) is 2.60. The van der Waals surface area contributed by atoms with E-state index in [2.05, 4.69) is 28.8 Å². The van der Waals surface area contributed by atoms with Gasteiger partial charge in [0.2, 0.25) is 10.0 Å². The van der Waals surface area contributed by atoms with Gasteiger partial charge in [0.15, 0.2) is 0 Å². The molecule has 6 heteroatoms. The summed E-state index contributed by atoms with van der Waals surface area (Å²) in [5.74, 6) is 0.215. The van der Waals surface area contributed by atoms with Gasteiger partial charge >= 0.3 is 0 Å². The van der Waals surface area contributed by atoms with Gasteiger partial charge < -0.3 is 10.2 Å². The van der Waals surface area contributed by atoms with Crippen molar-refractivity contribution in [3.63, 3.8) is 0 Å². The molecule has 0 bridgehead atoms. The number of sulfonamides is 1. The molecule has 0 amide bonds. The van der Waals surface area contributed by atoms with Gasteiger partial charge in [-0.25, -0.2) is 13.1 Å². The van der Waals surface area contributed by atoms with E-state index in [4.69, 9.17) is 0 Å². The molecule has 0 rings (SSSR count). The minimum Gasteiger partial charge on any atom is -0.320 e. The van der Waals surface area contributed by atoms with Gasteiger partial charge in [-0.15, -0.1) is 0 Å². The molecule has 0 aliphatic heterocycles. The van der Waals surface area contributed by atoms with E-state index in [0.717, 1.165) is 19.5 Å². The summed E-state index contributed by atoms with van der Waals surface area (Å²) in [6, 6.07) is 0. The second kappa shape index (κ2) is 8.09. The molecular weight excluding hydrogens is 250 g/mol. The molecule has 0 fully saturated rings. The topological polar surface area (TPSA) is 61.4 Å². The molecule has 0 atom stereocenters. The molecule has 2 N–H and O–H groups in total. The molecule has 0 aromatic carbocycles. The number of nitrogens with zero attached hydrogens (tertiary/aromatic N) is 1. The normalized spacial score (nSPS) is 13.2. The minimum atomic E-state index is -3.13. The van der Waals surface area contributed by atoms with E-state index in [-0.39, 0.29) is 11.2 Å². The molecule has 0 aliphatic rings. The molecular formula is C12H29N3O2S. The van der Waals surface area contributed by atoms with E-state index in [1.807, 2.05) is 21.1 Å². The second-order valence-electron chi connectivity index (χ2n) is 5.85. The van der Waals surface area contributed by atoms with Gasteiger partial charge in [-0.1, -0.05) is 13.8 Å². The van der Waals surface area contributed by atoms with Crippen molar-refractivity contribution in [2.45, 2.75) is 26.7 Å². The minimum absolute atomic E-state index is 0.0540. The number of unbranched alkanes of at least 4 members (excludes halogenated alkanes) is 1. The first kappa shape index (κ1) is 17.8. The first-order chi connectivity index (χ1) is 8.18. The van der Waals surface area contributed by atoms with E-state index < -0.39 is 10.0 Å². The average molecular weight is 279 g/mol. The third kappa shape index (κ3) is 9.82. The van der Waals surface area contributed by atoms with Crippen LogP contribution in [0.5, 0.6) is 0 Å². The van der Waals surface area contributed by atoms with Gasteiger partial charge in [0, 0.05) is 13.1 Å². The van der Waals surface area contributed by atoms with Crippen LogP contribution in [-0.4, -0.2) is 59.8 Å². The van der Waals surface area contributed by atoms with E-state index in [9.17, 15) is 8.42 Å². The smallest absolute Gasteiger partial charge is 0.211 e. The van der Waals surface area contributed by atoms with E-state index in [1.54, 1.807) is 0 Å². The molecule has 0 heterocycles. The van der Waals surface area contributed by atoms with Crippen molar-refractivity contribution >= 4 is 10.0 Å². The summed E-state index contributed by atoms with van der Waals surface area (Å²) in [5.41, 5.74) is -0.0540. The number of nitrogens with one attached hydrogen (secondary N) is 2. The number of rotatable bonds is 10. The Morgan fingerprint density at radius 3 is 2.28 bits per heavy atom. The summed E-state index contributed by atoms with van der Waals surface area (Å²) in [6.45, 7) is 6.34. The summed E-state index contributed by atoms with van der Waals surface area (Å²) in [7, 11) is 2.73. The molecule has 0 aromatic rings. The van der Waals surface area contributed by atoms with Gasteiger partial charge in [0.05, 0.1) is 5.75 Å². The van der Waals surface area contributed by atoms with Crippen molar-refractivity contribution in [2.24, 2.45) is 5.41 Å². The highest BCUT2D eigenvalue weighted by molar-refractivity contribution is 7.89. The Hall–Kier alpha value is -0.170. The largest absolute Gasteiger partial charge is 0.320 e. The molecule has 18 heavy (non-hydrogen) atoms. The molecule has 0 saturated heterocycles. The highest BCUT2D eigenvalue weighted by Crippen LogP contribution is 2.14. The molecule has 0 radical (unpaired) electrons.